The van der Waals surface area contributed by atoms with Gasteiger partial charge < -0.3 is 10.1 Å². The van der Waals surface area contributed by atoms with E-state index in [4.69, 9.17) is 4.74 Å². The molecular weight excluding hydrogens is 242 g/mol. The molecule has 1 aromatic carbocycles. The van der Waals surface area contributed by atoms with Gasteiger partial charge in [0, 0.05) is 0 Å². The van der Waals surface area contributed by atoms with E-state index in [1.165, 1.54) is 10.4 Å². The maximum atomic E-state index is 5.44. The molecule has 2 aromatic rings. The highest BCUT2D eigenvalue weighted by Gasteiger charge is 2.18. The molecule has 0 fully saturated rings. The van der Waals surface area contributed by atoms with Gasteiger partial charge in [-0.05, 0) is 30.0 Å². The molecule has 0 bridgehead atoms. The predicted molar refractivity (Wildman–Crippen MR) is 77.4 cm³/mol. The van der Waals surface area contributed by atoms with Crippen molar-refractivity contribution in [2.24, 2.45) is 0 Å². The van der Waals surface area contributed by atoms with Crippen molar-refractivity contribution in [1.29, 1.82) is 0 Å². The van der Waals surface area contributed by atoms with Crippen molar-refractivity contribution in [3.8, 4) is 5.75 Å². The SMILES string of the molecule is CCCNC(c1ccccc1)c1sccc1OC. The molecule has 0 aliphatic heterocycles. The van der Waals surface area contributed by atoms with Gasteiger partial charge in [0.05, 0.1) is 18.0 Å². The fraction of sp³-hybridized carbons (Fsp3) is 0.333. The third-order valence-electron chi connectivity index (χ3n) is 2.87. The lowest BCUT2D eigenvalue weighted by molar-refractivity contribution is 0.407. The Morgan fingerprint density at radius 2 is 2.00 bits per heavy atom. The lowest BCUT2D eigenvalue weighted by atomic mass is 10.0. The number of hydrogen-bond donors (Lipinski definition) is 1. The summed E-state index contributed by atoms with van der Waals surface area (Å²) in [6.07, 6.45) is 1.12. The number of ether oxygens (including phenoxy) is 1. The van der Waals surface area contributed by atoms with E-state index < -0.39 is 0 Å². The van der Waals surface area contributed by atoms with Crippen LogP contribution in [0.2, 0.25) is 0 Å². The Morgan fingerprint density at radius 1 is 1.22 bits per heavy atom. The van der Waals surface area contributed by atoms with Crippen molar-refractivity contribution in [2.45, 2.75) is 19.4 Å². The molecule has 0 saturated carbocycles. The van der Waals surface area contributed by atoms with Crippen LogP contribution in [-0.2, 0) is 0 Å². The molecular formula is C15H19NOS. The highest BCUT2D eigenvalue weighted by molar-refractivity contribution is 7.10. The molecule has 0 aliphatic carbocycles. The van der Waals surface area contributed by atoms with E-state index in [-0.39, 0.29) is 6.04 Å². The monoisotopic (exact) mass is 261 g/mol. The number of nitrogens with one attached hydrogen (secondary N) is 1. The first-order valence-electron chi connectivity index (χ1n) is 6.26. The molecule has 1 atom stereocenters. The van der Waals surface area contributed by atoms with Crippen LogP contribution in [0.15, 0.2) is 41.8 Å². The largest absolute Gasteiger partial charge is 0.496 e. The molecule has 0 aliphatic rings. The number of hydrogen-bond acceptors (Lipinski definition) is 3. The third-order valence-corrected chi connectivity index (χ3v) is 3.83. The van der Waals surface area contributed by atoms with Crippen LogP contribution in [-0.4, -0.2) is 13.7 Å². The van der Waals surface area contributed by atoms with Crippen LogP contribution in [0.3, 0.4) is 0 Å². The lowest BCUT2D eigenvalue weighted by Gasteiger charge is -2.19. The molecule has 1 heterocycles. The fourth-order valence-electron chi connectivity index (χ4n) is 1.98. The second-order valence-electron chi connectivity index (χ2n) is 4.15. The highest BCUT2D eigenvalue weighted by Crippen LogP contribution is 2.34. The number of methoxy groups -OCH3 is 1. The first-order valence-corrected chi connectivity index (χ1v) is 7.14. The van der Waals surface area contributed by atoms with Gasteiger partial charge in [-0.15, -0.1) is 11.3 Å². The van der Waals surface area contributed by atoms with Gasteiger partial charge in [0.15, 0.2) is 0 Å². The van der Waals surface area contributed by atoms with E-state index in [9.17, 15) is 0 Å². The molecule has 0 amide bonds. The molecule has 1 aromatic heterocycles. The van der Waals surface area contributed by atoms with E-state index in [0.29, 0.717) is 0 Å². The Kier molecular flexibility index (Phi) is 4.79. The van der Waals surface area contributed by atoms with Crippen LogP contribution in [0.25, 0.3) is 0 Å². The summed E-state index contributed by atoms with van der Waals surface area (Å²) in [6, 6.07) is 12.8. The highest BCUT2D eigenvalue weighted by atomic mass is 32.1. The summed E-state index contributed by atoms with van der Waals surface area (Å²) in [4.78, 5) is 1.25. The molecule has 1 unspecified atom stereocenters. The third kappa shape index (κ3) is 2.92. The molecule has 1 N–H and O–H groups in total. The van der Waals surface area contributed by atoms with Crippen LogP contribution in [0.5, 0.6) is 5.75 Å². The minimum Gasteiger partial charge on any atom is -0.496 e. The zero-order chi connectivity index (χ0) is 12.8. The quantitative estimate of drug-likeness (QED) is 0.853. The second kappa shape index (κ2) is 6.57. The molecule has 18 heavy (non-hydrogen) atoms. The Hall–Kier alpha value is -1.32. The summed E-state index contributed by atoms with van der Waals surface area (Å²) in [5.74, 6) is 0.970. The smallest absolute Gasteiger partial charge is 0.134 e. The van der Waals surface area contributed by atoms with Gasteiger partial charge in [0.25, 0.3) is 0 Å². The van der Waals surface area contributed by atoms with Gasteiger partial charge in [-0.2, -0.15) is 0 Å². The molecule has 2 nitrogen and oxygen atoms in total. The fourth-order valence-corrected chi connectivity index (χ4v) is 2.95. The first kappa shape index (κ1) is 13.1. The molecule has 0 saturated heterocycles. The number of rotatable bonds is 6. The molecule has 3 heteroatoms. The van der Waals surface area contributed by atoms with Crippen molar-refractivity contribution >= 4 is 11.3 Å². The Labute approximate surface area is 113 Å². The topological polar surface area (TPSA) is 21.3 Å². The van der Waals surface area contributed by atoms with E-state index in [1.807, 2.05) is 12.1 Å². The summed E-state index contributed by atoms with van der Waals surface area (Å²) >= 11 is 1.74. The van der Waals surface area contributed by atoms with E-state index >= 15 is 0 Å². The second-order valence-corrected chi connectivity index (χ2v) is 5.10. The van der Waals surface area contributed by atoms with Gasteiger partial charge in [-0.3, -0.25) is 0 Å². The molecule has 2 rings (SSSR count). The molecule has 96 valence electrons. The van der Waals surface area contributed by atoms with Gasteiger partial charge in [-0.1, -0.05) is 37.3 Å². The normalized spacial score (nSPS) is 12.3. The molecule has 0 radical (unpaired) electrons. The Morgan fingerprint density at radius 3 is 2.67 bits per heavy atom. The van der Waals surface area contributed by atoms with Crippen molar-refractivity contribution in [2.75, 3.05) is 13.7 Å². The van der Waals surface area contributed by atoms with E-state index in [2.05, 4.69) is 41.9 Å². The zero-order valence-electron chi connectivity index (χ0n) is 10.8. The van der Waals surface area contributed by atoms with Crippen LogP contribution in [0.1, 0.15) is 29.8 Å². The maximum absolute atomic E-state index is 5.44. The van der Waals surface area contributed by atoms with Crippen molar-refractivity contribution in [3.05, 3.63) is 52.2 Å². The summed E-state index contributed by atoms with van der Waals surface area (Å²) in [6.45, 7) is 3.18. The van der Waals surface area contributed by atoms with Crippen LogP contribution in [0.4, 0.5) is 0 Å². The van der Waals surface area contributed by atoms with E-state index in [1.54, 1.807) is 18.4 Å². The van der Waals surface area contributed by atoms with Crippen molar-refractivity contribution in [1.82, 2.24) is 5.32 Å². The van der Waals surface area contributed by atoms with Crippen molar-refractivity contribution in [3.63, 3.8) is 0 Å². The maximum Gasteiger partial charge on any atom is 0.134 e. The van der Waals surface area contributed by atoms with Gasteiger partial charge in [-0.25, -0.2) is 0 Å². The van der Waals surface area contributed by atoms with Crippen LogP contribution < -0.4 is 10.1 Å². The van der Waals surface area contributed by atoms with Crippen LogP contribution >= 0.6 is 11.3 Å². The predicted octanol–water partition coefficient (Wildman–Crippen LogP) is 3.85. The van der Waals surface area contributed by atoms with Gasteiger partial charge >= 0.3 is 0 Å². The summed E-state index contributed by atoms with van der Waals surface area (Å²) in [5, 5.41) is 5.67. The average molecular weight is 261 g/mol. The van der Waals surface area contributed by atoms with Gasteiger partial charge in [0.1, 0.15) is 5.75 Å². The van der Waals surface area contributed by atoms with Crippen LogP contribution in [0, 0.1) is 0 Å². The van der Waals surface area contributed by atoms with Gasteiger partial charge in [0.2, 0.25) is 0 Å². The first-order chi connectivity index (χ1) is 8.86. The Balaban J connectivity index is 2.31. The number of thiophene rings is 1. The Bertz CT molecular complexity index is 466. The standard InChI is InChI=1S/C15H19NOS/c1-3-10-16-14(12-7-5-4-6-8-12)15-13(17-2)9-11-18-15/h4-9,11,14,16H,3,10H2,1-2H3. The lowest BCUT2D eigenvalue weighted by Crippen LogP contribution is -2.22. The minimum atomic E-state index is 0.223. The summed E-state index contributed by atoms with van der Waals surface area (Å²) in [5.41, 5.74) is 1.28. The summed E-state index contributed by atoms with van der Waals surface area (Å²) < 4.78 is 5.44. The number of benzene rings is 1. The summed E-state index contributed by atoms with van der Waals surface area (Å²) in [7, 11) is 1.73. The van der Waals surface area contributed by atoms with Crippen molar-refractivity contribution < 1.29 is 4.74 Å². The van der Waals surface area contributed by atoms with E-state index in [0.717, 1.165) is 18.7 Å². The average Bonchev–Trinajstić information content (AvgIpc) is 2.89. The minimum absolute atomic E-state index is 0.223. The molecule has 0 spiro atoms. The zero-order valence-corrected chi connectivity index (χ0v) is 11.7.